The van der Waals surface area contributed by atoms with Gasteiger partial charge < -0.3 is 15.8 Å². The molecule has 2 heterocycles. The van der Waals surface area contributed by atoms with E-state index in [0.29, 0.717) is 10.6 Å². The van der Waals surface area contributed by atoms with Gasteiger partial charge in [0.1, 0.15) is 10.8 Å². The molecule has 8 nitrogen and oxygen atoms in total. The summed E-state index contributed by atoms with van der Waals surface area (Å²) in [5.74, 6) is -0.884. The number of hydrogen-bond acceptors (Lipinski definition) is 7. The summed E-state index contributed by atoms with van der Waals surface area (Å²) in [5.41, 5.74) is 6.00. The molecule has 0 unspecified atom stereocenters. The minimum Gasteiger partial charge on any atom is -0.450 e. The second-order valence-corrected chi connectivity index (χ2v) is 5.18. The van der Waals surface area contributed by atoms with E-state index in [4.69, 9.17) is 5.73 Å². The molecule has 0 aliphatic carbocycles. The van der Waals surface area contributed by atoms with Gasteiger partial charge in [-0.15, -0.1) is 11.3 Å². The first kappa shape index (κ1) is 16.4. The summed E-state index contributed by atoms with van der Waals surface area (Å²) in [4.78, 5) is 39.2. The number of amides is 3. The van der Waals surface area contributed by atoms with E-state index in [1.54, 1.807) is 12.3 Å². The molecule has 0 saturated carbocycles. The maximum atomic E-state index is 12.2. The van der Waals surface area contributed by atoms with Gasteiger partial charge in [-0.3, -0.25) is 14.9 Å². The van der Waals surface area contributed by atoms with Crippen molar-refractivity contribution in [2.24, 2.45) is 0 Å². The second kappa shape index (κ2) is 7.36. The van der Waals surface area contributed by atoms with Crippen LogP contribution in [0, 0.1) is 0 Å². The fourth-order valence-corrected chi connectivity index (χ4v) is 2.46. The summed E-state index contributed by atoms with van der Waals surface area (Å²) in [6.45, 7) is 1.77. The smallest absolute Gasteiger partial charge is 0.414 e. The first-order chi connectivity index (χ1) is 11.0. The lowest BCUT2D eigenvalue weighted by Crippen LogP contribution is -2.31. The van der Waals surface area contributed by atoms with Gasteiger partial charge in [0.25, 0.3) is 11.8 Å². The molecular formula is C14H14N4O4S. The van der Waals surface area contributed by atoms with Crippen molar-refractivity contribution in [2.75, 3.05) is 17.7 Å². The van der Waals surface area contributed by atoms with Crippen molar-refractivity contribution >= 4 is 40.1 Å². The van der Waals surface area contributed by atoms with Crippen LogP contribution in [-0.2, 0) is 4.74 Å². The minimum absolute atomic E-state index is 0.149. The Labute approximate surface area is 135 Å². The quantitative estimate of drug-likeness (QED) is 0.784. The lowest BCUT2D eigenvalue weighted by Gasteiger charge is -2.07. The molecule has 4 N–H and O–H groups in total. The van der Waals surface area contributed by atoms with E-state index >= 15 is 0 Å². The predicted molar refractivity (Wildman–Crippen MR) is 85.4 cm³/mol. The van der Waals surface area contributed by atoms with Crippen molar-refractivity contribution in [1.82, 2.24) is 10.3 Å². The van der Waals surface area contributed by atoms with Gasteiger partial charge in [-0.2, -0.15) is 0 Å². The first-order valence-corrected chi connectivity index (χ1v) is 7.47. The number of carbonyl (C=O) groups excluding carboxylic acids is 3. The molecule has 0 atom stereocenters. The molecule has 0 saturated heterocycles. The van der Waals surface area contributed by atoms with Gasteiger partial charge >= 0.3 is 6.09 Å². The Hall–Kier alpha value is -2.94. The van der Waals surface area contributed by atoms with E-state index in [9.17, 15) is 14.4 Å². The summed E-state index contributed by atoms with van der Waals surface area (Å²) in [6.07, 6.45) is 0.565. The number of nitrogens with two attached hydrogens (primary N) is 1. The van der Waals surface area contributed by atoms with Gasteiger partial charge in [0, 0.05) is 11.8 Å². The van der Waals surface area contributed by atoms with Gasteiger partial charge in [0.2, 0.25) is 0 Å². The van der Waals surface area contributed by atoms with Crippen LogP contribution in [0.3, 0.4) is 0 Å². The minimum atomic E-state index is -0.845. The number of alkyl carbamates (subject to hydrolysis) is 1. The summed E-state index contributed by atoms with van der Waals surface area (Å²) in [6, 6.07) is 4.41. The van der Waals surface area contributed by atoms with Crippen LogP contribution >= 0.6 is 11.3 Å². The number of pyridine rings is 1. The lowest BCUT2D eigenvalue weighted by atomic mass is 10.2. The molecule has 2 rings (SSSR count). The molecular weight excluding hydrogens is 320 g/mol. The highest BCUT2D eigenvalue weighted by atomic mass is 32.1. The summed E-state index contributed by atoms with van der Waals surface area (Å²) in [5, 5.41) is 6.61. The fourth-order valence-electron chi connectivity index (χ4n) is 1.68. The molecule has 0 radical (unpaired) electrons. The summed E-state index contributed by atoms with van der Waals surface area (Å²) >= 11 is 1.15. The third-order valence-electron chi connectivity index (χ3n) is 2.67. The first-order valence-electron chi connectivity index (χ1n) is 6.59. The van der Waals surface area contributed by atoms with Gasteiger partial charge in [0.15, 0.2) is 0 Å². The van der Waals surface area contributed by atoms with E-state index in [2.05, 4.69) is 20.4 Å². The molecule has 3 amide bonds. The number of aromatic nitrogens is 1. The van der Waals surface area contributed by atoms with Gasteiger partial charge in [-0.25, -0.2) is 9.78 Å². The SMILES string of the molecule is CCOC(=O)NC(=O)c1ccsc1NC(=O)c1ccnc(N)c1. The number of carbonyl (C=O) groups is 3. The van der Waals surface area contributed by atoms with E-state index < -0.39 is 17.9 Å². The maximum Gasteiger partial charge on any atom is 0.414 e. The van der Waals surface area contributed by atoms with E-state index in [1.807, 2.05) is 0 Å². The molecule has 9 heteroatoms. The van der Waals surface area contributed by atoms with E-state index in [1.165, 1.54) is 24.4 Å². The second-order valence-electron chi connectivity index (χ2n) is 4.26. The monoisotopic (exact) mass is 334 g/mol. The number of imide groups is 1. The average Bonchev–Trinajstić information content (AvgIpc) is 2.95. The average molecular weight is 334 g/mol. The number of hydrogen-bond donors (Lipinski definition) is 3. The van der Waals surface area contributed by atoms with E-state index in [0.717, 1.165) is 11.3 Å². The topological polar surface area (TPSA) is 123 Å². The third kappa shape index (κ3) is 4.27. The predicted octanol–water partition coefficient (Wildman–Crippen LogP) is 1.86. The highest BCUT2D eigenvalue weighted by Crippen LogP contribution is 2.24. The zero-order chi connectivity index (χ0) is 16.8. The molecule has 2 aromatic heterocycles. The Bertz CT molecular complexity index is 744. The molecule has 0 aliphatic rings. The van der Waals surface area contributed by atoms with Crippen molar-refractivity contribution in [3.8, 4) is 0 Å². The molecule has 120 valence electrons. The van der Waals surface area contributed by atoms with E-state index in [-0.39, 0.29) is 18.0 Å². The Morgan fingerprint density at radius 1 is 1.30 bits per heavy atom. The molecule has 0 aromatic carbocycles. The third-order valence-corrected chi connectivity index (χ3v) is 3.50. The van der Waals surface area contributed by atoms with Crippen molar-refractivity contribution in [3.05, 3.63) is 40.9 Å². The number of rotatable bonds is 4. The maximum absolute atomic E-state index is 12.2. The van der Waals surface area contributed by atoms with Gasteiger partial charge in [-0.1, -0.05) is 0 Å². The van der Waals surface area contributed by atoms with Crippen LogP contribution in [0.15, 0.2) is 29.8 Å². The van der Waals surface area contributed by atoms with Crippen molar-refractivity contribution in [3.63, 3.8) is 0 Å². The molecule has 23 heavy (non-hydrogen) atoms. The number of anilines is 2. The normalized spacial score (nSPS) is 9.96. The lowest BCUT2D eigenvalue weighted by molar-refractivity contribution is 0.0926. The number of nitrogen functional groups attached to an aromatic ring is 1. The van der Waals surface area contributed by atoms with Crippen LogP contribution in [0.25, 0.3) is 0 Å². The van der Waals surface area contributed by atoms with Crippen LogP contribution in [0.2, 0.25) is 0 Å². The zero-order valence-corrected chi connectivity index (χ0v) is 13.0. The van der Waals surface area contributed by atoms with Crippen LogP contribution in [0.4, 0.5) is 15.6 Å². The molecule has 2 aromatic rings. The number of nitrogens with one attached hydrogen (secondary N) is 2. The Balaban J connectivity index is 2.10. The molecule has 0 spiro atoms. The molecule has 0 aliphatic heterocycles. The highest BCUT2D eigenvalue weighted by Gasteiger charge is 2.18. The fraction of sp³-hybridized carbons (Fsp3) is 0.143. The van der Waals surface area contributed by atoms with Crippen molar-refractivity contribution in [2.45, 2.75) is 6.92 Å². The number of nitrogens with zero attached hydrogens (tertiary/aromatic N) is 1. The van der Waals surface area contributed by atoms with Crippen LogP contribution < -0.4 is 16.4 Å². The summed E-state index contributed by atoms with van der Waals surface area (Å²) in [7, 11) is 0. The molecule has 0 fully saturated rings. The van der Waals surface area contributed by atoms with Gasteiger partial charge in [-0.05, 0) is 30.5 Å². The Kier molecular flexibility index (Phi) is 5.26. The van der Waals surface area contributed by atoms with Crippen LogP contribution in [-0.4, -0.2) is 29.5 Å². The number of thiophene rings is 1. The van der Waals surface area contributed by atoms with Crippen molar-refractivity contribution < 1.29 is 19.1 Å². The standard InChI is InChI=1S/C14H14N4O4S/c1-2-22-14(21)18-12(20)9-4-6-23-13(9)17-11(19)8-3-5-16-10(15)7-8/h3-7H,2H2,1H3,(H2,15,16)(H,17,19)(H,18,20,21). The summed E-state index contributed by atoms with van der Waals surface area (Å²) < 4.78 is 4.64. The van der Waals surface area contributed by atoms with Crippen LogP contribution in [0.1, 0.15) is 27.6 Å². The highest BCUT2D eigenvalue weighted by molar-refractivity contribution is 7.14. The van der Waals surface area contributed by atoms with Crippen LogP contribution in [0.5, 0.6) is 0 Å². The van der Waals surface area contributed by atoms with Gasteiger partial charge in [0.05, 0.1) is 12.2 Å². The largest absolute Gasteiger partial charge is 0.450 e. The molecule has 0 bridgehead atoms. The number of ether oxygens (including phenoxy) is 1. The Morgan fingerprint density at radius 3 is 2.78 bits per heavy atom. The zero-order valence-electron chi connectivity index (χ0n) is 12.2. The Morgan fingerprint density at radius 2 is 2.09 bits per heavy atom. The van der Waals surface area contributed by atoms with Crippen molar-refractivity contribution in [1.29, 1.82) is 0 Å².